The summed E-state index contributed by atoms with van der Waals surface area (Å²) in [5, 5.41) is 7.20. The second-order valence-corrected chi connectivity index (χ2v) is 6.36. The monoisotopic (exact) mass is 327 g/mol. The van der Waals surface area contributed by atoms with Crippen molar-refractivity contribution < 1.29 is 4.79 Å². The Kier molecular flexibility index (Phi) is 4.32. The number of nitrogens with zero attached hydrogens (tertiary/aromatic N) is 1. The molecule has 0 aliphatic rings. The van der Waals surface area contributed by atoms with E-state index in [9.17, 15) is 4.79 Å². The van der Waals surface area contributed by atoms with Gasteiger partial charge in [-0.25, -0.2) is 4.98 Å². The first-order valence-corrected chi connectivity index (χ1v) is 8.30. The summed E-state index contributed by atoms with van der Waals surface area (Å²) in [6.07, 6.45) is 3.53. The van der Waals surface area contributed by atoms with Gasteiger partial charge in [0.1, 0.15) is 0 Å². The van der Waals surface area contributed by atoms with Crippen molar-refractivity contribution >= 4 is 51.0 Å². The van der Waals surface area contributed by atoms with Gasteiger partial charge in [-0.15, -0.1) is 22.7 Å². The predicted molar refractivity (Wildman–Crippen MR) is 93.8 cm³/mol. The standard InChI is InChI=1S/C16H13N3OS2/c17-12-5-3-11(4-6-12)14(10-13-2-1-8-21-13)15(20)19-16-18-7-9-22-16/h1-10H,17H2,(H,18,19,20)/b14-10+. The lowest BCUT2D eigenvalue weighted by Crippen LogP contribution is -2.13. The van der Waals surface area contributed by atoms with Gasteiger partial charge in [0.25, 0.3) is 5.91 Å². The average Bonchev–Trinajstić information content (AvgIpc) is 3.19. The van der Waals surface area contributed by atoms with Crippen LogP contribution in [0.25, 0.3) is 11.6 Å². The number of hydrogen-bond acceptors (Lipinski definition) is 5. The zero-order valence-electron chi connectivity index (χ0n) is 11.5. The number of anilines is 2. The Labute approximate surface area is 136 Å². The third-order valence-electron chi connectivity index (χ3n) is 2.95. The first-order valence-electron chi connectivity index (χ1n) is 6.54. The number of carbonyl (C=O) groups excluding carboxylic acids is 1. The summed E-state index contributed by atoms with van der Waals surface area (Å²) in [4.78, 5) is 17.7. The molecule has 6 heteroatoms. The van der Waals surface area contributed by atoms with Gasteiger partial charge in [-0.05, 0) is 35.2 Å². The van der Waals surface area contributed by atoms with E-state index in [0.717, 1.165) is 10.4 Å². The molecule has 0 unspecified atom stereocenters. The van der Waals surface area contributed by atoms with Crippen LogP contribution in [-0.4, -0.2) is 10.9 Å². The Morgan fingerprint density at radius 3 is 2.59 bits per heavy atom. The van der Waals surface area contributed by atoms with Gasteiger partial charge in [0.2, 0.25) is 0 Å². The van der Waals surface area contributed by atoms with E-state index in [1.165, 1.54) is 11.3 Å². The number of nitrogen functional groups attached to an aromatic ring is 1. The van der Waals surface area contributed by atoms with Crippen molar-refractivity contribution in [3.8, 4) is 0 Å². The molecular weight excluding hydrogens is 314 g/mol. The lowest BCUT2D eigenvalue weighted by atomic mass is 10.0. The summed E-state index contributed by atoms with van der Waals surface area (Å²) in [5.74, 6) is -0.187. The summed E-state index contributed by atoms with van der Waals surface area (Å²) >= 11 is 2.97. The van der Waals surface area contributed by atoms with E-state index in [1.54, 1.807) is 29.7 Å². The number of nitrogens with one attached hydrogen (secondary N) is 1. The summed E-state index contributed by atoms with van der Waals surface area (Å²) in [6.45, 7) is 0. The van der Waals surface area contributed by atoms with Crippen LogP contribution in [0.15, 0.2) is 53.4 Å². The van der Waals surface area contributed by atoms with Crippen LogP contribution < -0.4 is 11.1 Å². The lowest BCUT2D eigenvalue weighted by molar-refractivity contribution is -0.111. The molecule has 3 rings (SSSR count). The molecule has 1 aromatic carbocycles. The fourth-order valence-corrected chi connectivity index (χ4v) is 3.09. The molecule has 4 nitrogen and oxygen atoms in total. The first-order chi connectivity index (χ1) is 10.7. The molecule has 0 radical (unpaired) electrons. The van der Waals surface area contributed by atoms with Crippen LogP contribution in [0.2, 0.25) is 0 Å². The van der Waals surface area contributed by atoms with Gasteiger partial charge in [-0.2, -0.15) is 0 Å². The van der Waals surface area contributed by atoms with Gasteiger partial charge in [0, 0.05) is 27.7 Å². The summed E-state index contributed by atoms with van der Waals surface area (Å²) in [7, 11) is 0. The Balaban J connectivity index is 1.95. The molecule has 1 amide bonds. The minimum Gasteiger partial charge on any atom is -0.399 e. The van der Waals surface area contributed by atoms with Crippen LogP contribution in [0.5, 0.6) is 0 Å². The number of aromatic nitrogens is 1. The number of nitrogens with two attached hydrogens (primary N) is 1. The minimum atomic E-state index is -0.187. The van der Waals surface area contributed by atoms with Crippen molar-refractivity contribution in [2.45, 2.75) is 0 Å². The lowest BCUT2D eigenvalue weighted by Gasteiger charge is -2.08. The number of hydrogen-bond donors (Lipinski definition) is 2. The third kappa shape index (κ3) is 3.41. The topological polar surface area (TPSA) is 68.0 Å². The highest BCUT2D eigenvalue weighted by molar-refractivity contribution is 7.13. The van der Waals surface area contributed by atoms with Gasteiger partial charge in [0.15, 0.2) is 5.13 Å². The normalized spacial score (nSPS) is 11.4. The predicted octanol–water partition coefficient (Wildman–Crippen LogP) is 3.97. The van der Waals surface area contributed by atoms with E-state index >= 15 is 0 Å². The van der Waals surface area contributed by atoms with Gasteiger partial charge in [-0.3, -0.25) is 10.1 Å². The maximum Gasteiger partial charge on any atom is 0.258 e. The van der Waals surface area contributed by atoms with E-state index in [4.69, 9.17) is 5.73 Å². The summed E-state index contributed by atoms with van der Waals surface area (Å²) in [5.41, 5.74) is 7.79. The van der Waals surface area contributed by atoms with E-state index in [0.29, 0.717) is 16.4 Å². The van der Waals surface area contributed by atoms with Crippen molar-refractivity contribution in [2.75, 3.05) is 11.1 Å². The third-order valence-corrected chi connectivity index (χ3v) is 4.46. The van der Waals surface area contributed by atoms with Crippen LogP contribution >= 0.6 is 22.7 Å². The van der Waals surface area contributed by atoms with Crippen LogP contribution in [0.1, 0.15) is 10.4 Å². The van der Waals surface area contributed by atoms with Gasteiger partial charge in [0.05, 0.1) is 0 Å². The average molecular weight is 327 g/mol. The fourth-order valence-electron chi connectivity index (χ4n) is 1.91. The van der Waals surface area contributed by atoms with Gasteiger partial charge < -0.3 is 5.73 Å². The number of rotatable bonds is 4. The van der Waals surface area contributed by atoms with Crippen molar-refractivity contribution in [3.05, 3.63) is 63.8 Å². The Bertz CT molecular complexity index is 775. The smallest absolute Gasteiger partial charge is 0.258 e. The van der Waals surface area contributed by atoms with Crippen LogP contribution in [0.3, 0.4) is 0 Å². The quantitative estimate of drug-likeness (QED) is 0.563. The molecule has 0 fully saturated rings. The molecule has 2 heterocycles. The number of carbonyl (C=O) groups is 1. The van der Waals surface area contributed by atoms with Crippen LogP contribution in [-0.2, 0) is 4.79 Å². The largest absolute Gasteiger partial charge is 0.399 e. The zero-order chi connectivity index (χ0) is 15.4. The minimum absolute atomic E-state index is 0.187. The van der Waals surface area contributed by atoms with Crippen LogP contribution in [0, 0.1) is 0 Å². The summed E-state index contributed by atoms with van der Waals surface area (Å²) < 4.78 is 0. The SMILES string of the molecule is Nc1ccc(/C(=C\c2cccs2)C(=O)Nc2nccs2)cc1. The molecule has 110 valence electrons. The molecule has 3 aromatic rings. The summed E-state index contributed by atoms with van der Waals surface area (Å²) in [6, 6.07) is 11.2. The molecule has 0 saturated carbocycles. The Hall–Kier alpha value is -2.44. The second kappa shape index (κ2) is 6.55. The first kappa shape index (κ1) is 14.5. The molecule has 2 aromatic heterocycles. The number of thiazole rings is 1. The van der Waals surface area contributed by atoms with E-state index in [1.807, 2.05) is 41.1 Å². The van der Waals surface area contributed by atoms with Crippen molar-refractivity contribution in [2.24, 2.45) is 0 Å². The number of amides is 1. The zero-order valence-corrected chi connectivity index (χ0v) is 13.2. The highest BCUT2D eigenvalue weighted by Gasteiger charge is 2.14. The Morgan fingerprint density at radius 2 is 1.95 bits per heavy atom. The molecule has 0 spiro atoms. The molecule has 0 aliphatic carbocycles. The highest BCUT2D eigenvalue weighted by Crippen LogP contribution is 2.24. The molecule has 0 bridgehead atoms. The molecule has 0 saturated heterocycles. The Morgan fingerprint density at radius 1 is 1.14 bits per heavy atom. The van der Waals surface area contributed by atoms with Gasteiger partial charge >= 0.3 is 0 Å². The van der Waals surface area contributed by atoms with Crippen molar-refractivity contribution in [1.82, 2.24) is 4.98 Å². The molecule has 0 atom stereocenters. The van der Waals surface area contributed by atoms with E-state index in [-0.39, 0.29) is 5.91 Å². The molecule has 22 heavy (non-hydrogen) atoms. The van der Waals surface area contributed by atoms with Crippen LogP contribution in [0.4, 0.5) is 10.8 Å². The van der Waals surface area contributed by atoms with Gasteiger partial charge in [-0.1, -0.05) is 18.2 Å². The maximum absolute atomic E-state index is 12.6. The number of thiophene rings is 1. The van der Waals surface area contributed by atoms with Crippen molar-refractivity contribution in [1.29, 1.82) is 0 Å². The molecule has 0 aliphatic heterocycles. The molecular formula is C16H13N3OS2. The highest BCUT2D eigenvalue weighted by atomic mass is 32.1. The number of benzene rings is 1. The van der Waals surface area contributed by atoms with E-state index < -0.39 is 0 Å². The fraction of sp³-hybridized carbons (Fsp3) is 0. The second-order valence-electron chi connectivity index (χ2n) is 4.49. The van der Waals surface area contributed by atoms with E-state index in [2.05, 4.69) is 10.3 Å². The molecule has 3 N–H and O–H groups in total. The maximum atomic E-state index is 12.6. The van der Waals surface area contributed by atoms with Crippen molar-refractivity contribution in [3.63, 3.8) is 0 Å².